The number of thioether (sulfide) groups is 1. The summed E-state index contributed by atoms with van der Waals surface area (Å²) in [7, 11) is 0. The van der Waals surface area contributed by atoms with Crippen molar-refractivity contribution in [3.8, 4) is 5.75 Å². The van der Waals surface area contributed by atoms with E-state index in [2.05, 4.69) is 4.98 Å². The zero-order valence-corrected chi connectivity index (χ0v) is 12.4. The number of hydrogen-bond donors (Lipinski definition) is 1. The first-order valence-electron chi connectivity index (χ1n) is 6.12. The van der Waals surface area contributed by atoms with Crippen molar-refractivity contribution in [2.75, 3.05) is 4.90 Å². The molecule has 1 fully saturated rings. The molecule has 1 N–H and O–H groups in total. The van der Waals surface area contributed by atoms with Crippen molar-refractivity contribution >= 4 is 46.0 Å². The predicted molar refractivity (Wildman–Crippen MR) is 88.0 cm³/mol. The Balaban J connectivity index is 1.92. The molecule has 1 aromatic carbocycles. The number of phenolic OH excluding ortho intramolecular Hbond substituents is 1. The number of hydrogen-bond acceptors (Lipinski definition) is 5. The van der Waals surface area contributed by atoms with Gasteiger partial charge < -0.3 is 5.11 Å². The lowest BCUT2D eigenvalue weighted by atomic mass is 10.2. The molecule has 2 heterocycles. The third kappa shape index (κ3) is 2.81. The molecule has 2 aromatic rings. The van der Waals surface area contributed by atoms with E-state index in [1.54, 1.807) is 30.6 Å². The average molecular weight is 314 g/mol. The Labute approximate surface area is 131 Å². The zero-order valence-electron chi connectivity index (χ0n) is 10.8. The Morgan fingerprint density at radius 3 is 2.48 bits per heavy atom. The highest BCUT2D eigenvalue weighted by Gasteiger charge is 2.33. The number of benzene rings is 1. The molecule has 1 aromatic heterocycles. The number of nitrogens with zero attached hydrogens (tertiary/aromatic N) is 2. The summed E-state index contributed by atoms with van der Waals surface area (Å²) in [4.78, 5) is 18.5. The maximum atomic E-state index is 12.5. The normalized spacial score (nSPS) is 16.8. The fourth-order valence-electron chi connectivity index (χ4n) is 1.90. The van der Waals surface area contributed by atoms with Gasteiger partial charge in [-0.1, -0.05) is 24.0 Å². The van der Waals surface area contributed by atoms with Crippen molar-refractivity contribution in [2.24, 2.45) is 0 Å². The van der Waals surface area contributed by atoms with E-state index in [-0.39, 0.29) is 11.7 Å². The lowest BCUT2D eigenvalue weighted by Crippen LogP contribution is -2.27. The van der Waals surface area contributed by atoms with Gasteiger partial charge in [0, 0.05) is 12.4 Å². The van der Waals surface area contributed by atoms with E-state index in [1.165, 1.54) is 28.8 Å². The summed E-state index contributed by atoms with van der Waals surface area (Å²) >= 11 is 6.54. The van der Waals surface area contributed by atoms with Crippen molar-refractivity contribution in [1.82, 2.24) is 4.98 Å². The van der Waals surface area contributed by atoms with Crippen molar-refractivity contribution in [3.63, 3.8) is 0 Å². The van der Waals surface area contributed by atoms with E-state index in [0.29, 0.717) is 14.9 Å². The van der Waals surface area contributed by atoms with E-state index in [9.17, 15) is 9.90 Å². The fourth-order valence-corrected chi connectivity index (χ4v) is 3.20. The molecule has 104 valence electrons. The Hall–Kier alpha value is -2.18. The molecule has 0 atom stereocenters. The van der Waals surface area contributed by atoms with Gasteiger partial charge in [0.1, 0.15) is 5.75 Å². The van der Waals surface area contributed by atoms with E-state index in [1.807, 2.05) is 12.1 Å². The molecule has 0 radical (unpaired) electrons. The van der Waals surface area contributed by atoms with Gasteiger partial charge in [-0.05, 0) is 48.0 Å². The van der Waals surface area contributed by atoms with Crippen LogP contribution in [0.4, 0.5) is 5.69 Å². The van der Waals surface area contributed by atoms with Crippen LogP contribution in [0.2, 0.25) is 0 Å². The van der Waals surface area contributed by atoms with Crippen LogP contribution in [0.15, 0.2) is 53.7 Å². The number of carbonyl (C=O) groups is 1. The topological polar surface area (TPSA) is 53.4 Å². The van der Waals surface area contributed by atoms with Crippen LogP contribution in [-0.2, 0) is 4.79 Å². The molecule has 0 unspecified atom stereocenters. The highest BCUT2D eigenvalue weighted by molar-refractivity contribution is 8.27. The summed E-state index contributed by atoms with van der Waals surface area (Å²) in [5.41, 5.74) is 1.55. The van der Waals surface area contributed by atoms with Gasteiger partial charge in [-0.3, -0.25) is 14.7 Å². The molecule has 4 nitrogen and oxygen atoms in total. The van der Waals surface area contributed by atoms with E-state index in [4.69, 9.17) is 12.2 Å². The summed E-state index contributed by atoms with van der Waals surface area (Å²) < 4.78 is 0.478. The highest BCUT2D eigenvalue weighted by Crippen LogP contribution is 2.36. The molecule has 0 aliphatic carbocycles. The number of pyridine rings is 1. The van der Waals surface area contributed by atoms with Gasteiger partial charge in [-0.25, -0.2) is 0 Å². The molecule has 6 heteroatoms. The summed E-state index contributed by atoms with van der Waals surface area (Å²) in [6.07, 6.45) is 5.14. The number of aromatic hydroxyl groups is 1. The predicted octanol–water partition coefficient (Wildman–Crippen LogP) is 3.19. The van der Waals surface area contributed by atoms with Gasteiger partial charge in [0.25, 0.3) is 5.91 Å². The molecule has 1 saturated heterocycles. The smallest absolute Gasteiger partial charge is 0.270 e. The van der Waals surface area contributed by atoms with Gasteiger partial charge in [0.05, 0.1) is 10.6 Å². The number of aromatic nitrogens is 1. The molecular formula is C15H10N2O2S2. The Morgan fingerprint density at radius 1 is 1.14 bits per heavy atom. The largest absolute Gasteiger partial charge is 0.508 e. The van der Waals surface area contributed by atoms with Gasteiger partial charge in [-0.2, -0.15) is 0 Å². The molecular weight excluding hydrogens is 304 g/mol. The second-order valence-electron chi connectivity index (χ2n) is 4.31. The van der Waals surface area contributed by atoms with Gasteiger partial charge >= 0.3 is 0 Å². The minimum absolute atomic E-state index is 0.150. The Kier molecular flexibility index (Phi) is 3.72. The molecule has 21 heavy (non-hydrogen) atoms. The van der Waals surface area contributed by atoms with Gasteiger partial charge in [0.15, 0.2) is 4.32 Å². The summed E-state index contributed by atoms with van der Waals surface area (Å²) in [6.45, 7) is 0. The highest BCUT2D eigenvalue weighted by atomic mass is 32.2. The summed E-state index contributed by atoms with van der Waals surface area (Å²) in [5, 5.41) is 9.32. The van der Waals surface area contributed by atoms with E-state index in [0.717, 1.165) is 5.56 Å². The monoisotopic (exact) mass is 314 g/mol. The zero-order chi connectivity index (χ0) is 14.8. The van der Waals surface area contributed by atoms with Crippen molar-refractivity contribution in [1.29, 1.82) is 0 Å². The first-order chi connectivity index (χ1) is 10.1. The van der Waals surface area contributed by atoms with Crippen molar-refractivity contribution in [3.05, 3.63) is 59.3 Å². The summed E-state index contributed by atoms with van der Waals surface area (Å²) in [6, 6.07) is 10.0. The molecule has 0 bridgehead atoms. The first-order valence-corrected chi connectivity index (χ1v) is 7.34. The summed E-state index contributed by atoms with van der Waals surface area (Å²) in [5.74, 6) is -0.0102. The number of amides is 1. The molecule has 3 rings (SSSR count). The molecule has 1 aliphatic heterocycles. The second-order valence-corrected chi connectivity index (χ2v) is 5.99. The molecule has 1 amide bonds. The standard InChI is InChI=1S/C15H10N2O2S2/c18-12-3-1-11(2-4-12)17-14(19)13(21-15(17)20)9-10-5-7-16-8-6-10/h1-9,18H/b13-9-. The minimum Gasteiger partial charge on any atom is -0.508 e. The maximum absolute atomic E-state index is 12.5. The van der Waals surface area contributed by atoms with Crippen molar-refractivity contribution < 1.29 is 9.90 Å². The van der Waals surface area contributed by atoms with Gasteiger partial charge in [-0.15, -0.1) is 0 Å². The number of carbonyl (C=O) groups excluding carboxylic acids is 1. The van der Waals surface area contributed by atoms with Crippen LogP contribution in [0.1, 0.15) is 5.56 Å². The van der Waals surface area contributed by atoms with Crippen LogP contribution in [-0.4, -0.2) is 20.3 Å². The molecule has 0 saturated carbocycles. The number of rotatable bonds is 2. The van der Waals surface area contributed by atoms with Crippen molar-refractivity contribution in [2.45, 2.75) is 0 Å². The van der Waals surface area contributed by atoms with Crippen LogP contribution in [0.3, 0.4) is 0 Å². The second kappa shape index (κ2) is 5.67. The quantitative estimate of drug-likeness (QED) is 0.681. The SMILES string of the molecule is O=C1/C(=C/c2ccncc2)SC(=S)N1c1ccc(O)cc1. The lowest BCUT2D eigenvalue weighted by molar-refractivity contribution is -0.113. The fraction of sp³-hybridized carbons (Fsp3) is 0. The average Bonchev–Trinajstić information content (AvgIpc) is 2.76. The minimum atomic E-state index is -0.160. The lowest BCUT2D eigenvalue weighted by Gasteiger charge is -2.14. The Morgan fingerprint density at radius 2 is 1.81 bits per heavy atom. The molecule has 1 aliphatic rings. The number of thiocarbonyl (C=S) groups is 1. The maximum Gasteiger partial charge on any atom is 0.270 e. The Bertz CT molecular complexity index is 727. The van der Waals surface area contributed by atoms with Crippen LogP contribution >= 0.6 is 24.0 Å². The van der Waals surface area contributed by atoms with Crippen LogP contribution in [0.25, 0.3) is 6.08 Å². The van der Waals surface area contributed by atoms with Gasteiger partial charge in [0.2, 0.25) is 0 Å². The van der Waals surface area contributed by atoms with Crippen LogP contribution in [0.5, 0.6) is 5.75 Å². The number of anilines is 1. The third-order valence-corrected chi connectivity index (χ3v) is 4.21. The first kappa shape index (κ1) is 13.8. The van der Waals surface area contributed by atoms with E-state index >= 15 is 0 Å². The number of phenols is 1. The molecule has 0 spiro atoms. The van der Waals surface area contributed by atoms with E-state index < -0.39 is 0 Å². The van der Waals surface area contributed by atoms with Crippen LogP contribution < -0.4 is 4.90 Å². The third-order valence-electron chi connectivity index (χ3n) is 2.91. The van der Waals surface area contributed by atoms with Crippen LogP contribution in [0, 0.1) is 0 Å².